The Hall–Kier alpha value is -0.120. The Bertz CT molecular complexity index is 140. The molecular formula is C8H17NO2. The lowest BCUT2D eigenvalue weighted by atomic mass is 10.00. The van der Waals surface area contributed by atoms with E-state index in [2.05, 4.69) is 11.8 Å². The lowest BCUT2D eigenvalue weighted by Crippen LogP contribution is -2.41. The van der Waals surface area contributed by atoms with Gasteiger partial charge in [0.2, 0.25) is 0 Å². The zero-order chi connectivity index (χ0) is 8.48. The third-order valence-electron chi connectivity index (χ3n) is 2.74. The molecule has 0 aromatic heterocycles. The fourth-order valence-electron chi connectivity index (χ4n) is 1.58. The normalized spacial score (nSPS) is 39.8. The van der Waals surface area contributed by atoms with Gasteiger partial charge in [0.15, 0.2) is 0 Å². The van der Waals surface area contributed by atoms with Crippen molar-refractivity contribution in [1.29, 1.82) is 0 Å². The van der Waals surface area contributed by atoms with Crippen LogP contribution in [-0.4, -0.2) is 49.0 Å². The minimum atomic E-state index is -0.0688. The number of hydrogen-bond donors (Lipinski definition) is 1. The monoisotopic (exact) mass is 159 g/mol. The van der Waals surface area contributed by atoms with Gasteiger partial charge in [0, 0.05) is 19.2 Å². The molecule has 11 heavy (non-hydrogen) atoms. The highest BCUT2D eigenvalue weighted by atomic mass is 16.5. The van der Waals surface area contributed by atoms with Crippen molar-refractivity contribution in [3.8, 4) is 0 Å². The minimum absolute atomic E-state index is 0.0688. The van der Waals surface area contributed by atoms with Crippen molar-refractivity contribution in [2.45, 2.75) is 25.0 Å². The summed E-state index contributed by atoms with van der Waals surface area (Å²) in [5.74, 6) is 0. The molecule has 3 nitrogen and oxygen atoms in total. The van der Waals surface area contributed by atoms with Crippen LogP contribution in [0.1, 0.15) is 13.3 Å². The van der Waals surface area contributed by atoms with Crippen LogP contribution in [0.3, 0.4) is 0 Å². The molecule has 2 unspecified atom stereocenters. The summed E-state index contributed by atoms with van der Waals surface area (Å²) in [4.78, 5) is 2.15. The van der Waals surface area contributed by atoms with Crippen molar-refractivity contribution in [3.05, 3.63) is 0 Å². The molecule has 1 rings (SSSR count). The van der Waals surface area contributed by atoms with Gasteiger partial charge in [-0.1, -0.05) is 0 Å². The molecule has 0 saturated carbocycles. The summed E-state index contributed by atoms with van der Waals surface area (Å²) in [7, 11) is 3.75. The largest absolute Gasteiger partial charge is 0.394 e. The number of likely N-dealkylation sites (tertiary alicyclic amines) is 1. The summed E-state index contributed by atoms with van der Waals surface area (Å²) in [5, 5.41) is 9.11. The molecule has 1 N–H and O–H groups in total. The third-order valence-corrected chi connectivity index (χ3v) is 2.74. The maximum Gasteiger partial charge on any atom is 0.0716 e. The Kier molecular flexibility index (Phi) is 2.52. The second-order valence-corrected chi connectivity index (χ2v) is 3.60. The predicted molar refractivity (Wildman–Crippen MR) is 43.5 cm³/mol. The van der Waals surface area contributed by atoms with Gasteiger partial charge in [-0.05, 0) is 20.4 Å². The summed E-state index contributed by atoms with van der Waals surface area (Å²) >= 11 is 0. The van der Waals surface area contributed by atoms with E-state index in [1.54, 1.807) is 7.11 Å². The molecule has 0 radical (unpaired) electrons. The summed E-state index contributed by atoms with van der Waals surface area (Å²) in [6.45, 7) is 3.20. The van der Waals surface area contributed by atoms with Crippen LogP contribution < -0.4 is 0 Å². The third kappa shape index (κ3) is 1.55. The van der Waals surface area contributed by atoms with Crippen LogP contribution in [0.5, 0.6) is 0 Å². The number of rotatable bonds is 2. The quantitative estimate of drug-likeness (QED) is 0.619. The molecule has 0 aromatic rings. The highest BCUT2D eigenvalue weighted by Crippen LogP contribution is 2.28. The van der Waals surface area contributed by atoms with Crippen molar-refractivity contribution >= 4 is 0 Å². The number of nitrogens with zero attached hydrogens (tertiary/aromatic N) is 1. The Balaban J connectivity index is 2.57. The Labute approximate surface area is 68.0 Å². The van der Waals surface area contributed by atoms with E-state index in [0.29, 0.717) is 0 Å². The molecule has 1 saturated heterocycles. The van der Waals surface area contributed by atoms with E-state index >= 15 is 0 Å². The van der Waals surface area contributed by atoms with Gasteiger partial charge in [0.05, 0.1) is 12.7 Å². The summed E-state index contributed by atoms with van der Waals surface area (Å²) in [6.07, 6.45) is 1.22. The van der Waals surface area contributed by atoms with Crippen LogP contribution in [0.2, 0.25) is 0 Å². The molecule has 0 aromatic carbocycles. The Morgan fingerprint density at radius 3 is 2.64 bits per heavy atom. The van der Waals surface area contributed by atoms with Gasteiger partial charge in [-0.15, -0.1) is 0 Å². The lowest BCUT2D eigenvalue weighted by Gasteiger charge is -2.29. The standard InChI is InChI=1S/C8H17NO2/c1-8(6-10)4-7(11-3)5-9(8)2/h7,10H,4-6H2,1-3H3. The Morgan fingerprint density at radius 1 is 1.73 bits per heavy atom. The number of likely N-dealkylation sites (N-methyl/N-ethyl adjacent to an activating group) is 1. The van der Waals surface area contributed by atoms with Gasteiger partial charge in [-0.3, -0.25) is 4.90 Å². The summed E-state index contributed by atoms with van der Waals surface area (Å²) < 4.78 is 5.23. The van der Waals surface area contributed by atoms with E-state index in [9.17, 15) is 0 Å². The first-order chi connectivity index (χ1) is 5.12. The zero-order valence-electron chi connectivity index (χ0n) is 7.50. The highest BCUT2D eigenvalue weighted by Gasteiger charge is 2.39. The van der Waals surface area contributed by atoms with Gasteiger partial charge in [-0.25, -0.2) is 0 Å². The maximum atomic E-state index is 9.11. The van der Waals surface area contributed by atoms with Crippen molar-refractivity contribution in [3.63, 3.8) is 0 Å². The molecule has 0 bridgehead atoms. The highest BCUT2D eigenvalue weighted by molar-refractivity contribution is 4.94. The molecule has 66 valence electrons. The van der Waals surface area contributed by atoms with E-state index in [1.165, 1.54) is 0 Å². The van der Waals surface area contributed by atoms with Crippen LogP contribution in [0.15, 0.2) is 0 Å². The van der Waals surface area contributed by atoms with E-state index < -0.39 is 0 Å². The molecule has 1 aliphatic heterocycles. The van der Waals surface area contributed by atoms with Crippen molar-refractivity contribution in [1.82, 2.24) is 4.90 Å². The first kappa shape index (κ1) is 8.97. The first-order valence-corrected chi connectivity index (χ1v) is 3.97. The zero-order valence-corrected chi connectivity index (χ0v) is 7.50. The molecule has 2 atom stereocenters. The van der Waals surface area contributed by atoms with E-state index in [-0.39, 0.29) is 18.2 Å². The fourth-order valence-corrected chi connectivity index (χ4v) is 1.58. The molecule has 0 aliphatic carbocycles. The molecule has 0 spiro atoms. The topological polar surface area (TPSA) is 32.7 Å². The predicted octanol–water partition coefficient (Wildman–Crippen LogP) is 0.0879. The second kappa shape index (κ2) is 3.09. The SMILES string of the molecule is COC1CN(C)C(C)(CO)C1. The minimum Gasteiger partial charge on any atom is -0.394 e. The molecule has 1 fully saturated rings. The molecule has 1 heterocycles. The first-order valence-electron chi connectivity index (χ1n) is 3.97. The molecule has 1 aliphatic rings. The second-order valence-electron chi connectivity index (χ2n) is 3.60. The van der Waals surface area contributed by atoms with Gasteiger partial charge in [0.25, 0.3) is 0 Å². The van der Waals surface area contributed by atoms with Crippen molar-refractivity contribution in [2.75, 3.05) is 27.3 Å². The van der Waals surface area contributed by atoms with Gasteiger partial charge in [-0.2, -0.15) is 0 Å². The maximum absolute atomic E-state index is 9.11. The number of methoxy groups -OCH3 is 1. The van der Waals surface area contributed by atoms with Gasteiger partial charge < -0.3 is 9.84 Å². The molecule has 0 amide bonds. The van der Waals surface area contributed by atoms with Crippen LogP contribution in [-0.2, 0) is 4.74 Å². The summed E-state index contributed by atoms with van der Waals surface area (Å²) in [6, 6.07) is 0. The van der Waals surface area contributed by atoms with Gasteiger partial charge >= 0.3 is 0 Å². The number of hydrogen-bond acceptors (Lipinski definition) is 3. The Morgan fingerprint density at radius 2 is 2.36 bits per heavy atom. The lowest BCUT2D eigenvalue weighted by molar-refractivity contribution is 0.0962. The fraction of sp³-hybridized carbons (Fsp3) is 1.00. The summed E-state index contributed by atoms with van der Waals surface area (Å²) in [5.41, 5.74) is -0.0688. The average molecular weight is 159 g/mol. The number of aliphatic hydroxyl groups is 1. The van der Waals surface area contributed by atoms with E-state index in [1.807, 2.05) is 7.05 Å². The van der Waals surface area contributed by atoms with Crippen molar-refractivity contribution in [2.24, 2.45) is 0 Å². The molecular weight excluding hydrogens is 142 g/mol. The van der Waals surface area contributed by atoms with Crippen LogP contribution in [0.25, 0.3) is 0 Å². The number of aliphatic hydroxyl groups excluding tert-OH is 1. The van der Waals surface area contributed by atoms with E-state index in [4.69, 9.17) is 9.84 Å². The molecule has 3 heteroatoms. The van der Waals surface area contributed by atoms with Crippen LogP contribution >= 0.6 is 0 Å². The van der Waals surface area contributed by atoms with E-state index in [0.717, 1.165) is 13.0 Å². The van der Waals surface area contributed by atoms with Crippen LogP contribution in [0.4, 0.5) is 0 Å². The smallest absolute Gasteiger partial charge is 0.0716 e. The average Bonchev–Trinajstić information content (AvgIpc) is 2.29. The number of ether oxygens (including phenoxy) is 1. The van der Waals surface area contributed by atoms with Crippen molar-refractivity contribution < 1.29 is 9.84 Å². The van der Waals surface area contributed by atoms with Gasteiger partial charge in [0.1, 0.15) is 0 Å². The van der Waals surface area contributed by atoms with Crippen LogP contribution in [0, 0.1) is 0 Å².